The lowest BCUT2D eigenvalue weighted by atomic mass is 9.91. The van der Waals surface area contributed by atoms with Gasteiger partial charge in [0.05, 0.1) is 46.4 Å². The van der Waals surface area contributed by atoms with Gasteiger partial charge in [0.2, 0.25) is 0 Å². The minimum atomic E-state index is -0.988. The van der Waals surface area contributed by atoms with E-state index in [-0.39, 0.29) is 38.1 Å². The second-order valence-electron chi connectivity index (χ2n) is 8.41. The summed E-state index contributed by atoms with van der Waals surface area (Å²) < 4.78 is 5.98. The third-order valence-electron chi connectivity index (χ3n) is 6.04. The highest BCUT2D eigenvalue weighted by Gasteiger charge is 2.31. The molecule has 0 saturated heterocycles. The second-order valence-corrected chi connectivity index (χ2v) is 9.23. The number of ether oxygens (including phenoxy) is 1. The van der Waals surface area contributed by atoms with Crippen molar-refractivity contribution < 1.29 is 19.4 Å². The van der Waals surface area contributed by atoms with Gasteiger partial charge < -0.3 is 14.7 Å². The van der Waals surface area contributed by atoms with Crippen molar-refractivity contribution in [2.24, 2.45) is 0 Å². The van der Waals surface area contributed by atoms with Gasteiger partial charge in [0.15, 0.2) is 0 Å². The third-order valence-corrected chi connectivity index (χ3v) is 6.78. The number of hydrogen-bond acceptors (Lipinski definition) is 4. The Balaban J connectivity index is 1.81. The zero-order valence-electron chi connectivity index (χ0n) is 18.4. The smallest absolute Gasteiger partial charge is 0.304 e. The van der Waals surface area contributed by atoms with Gasteiger partial charge in [-0.3, -0.25) is 9.59 Å². The molecule has 4 rings (SSSR count). The number of carbonyl (C=O) groups is 2. The molecule has 0 saturated carbocycles. The van der Waals surface area contributed by atoms with Crippen molar-refractivity contribution in [3.8, 4) is 6.07 Å². The van der Waals surface area contributed by atoms with Gasteiger partial charge in [-0.2, -0.15) is 5.26 Å². The molecule has 3 aromatic carbocycles. The van der Waals surface area contributed by atoms with Crippen LogP contribution in [0, 0.1) is 11.3 Å². The molecular weight excluding hydrogens is 475 g/mol. The van der Waals surface area contributed by atoms with Crippen molar-refractivity contribution in [3.05, 3.63) is 80.8 Å². The summed E-state index contributed by atoms with van der Waals surface area (Å²) in [5.41, 5.74) is 2.04. The molecule has 0 aliphatic carbocycles. The SMILES string of the molecule is C[C@@H]1CN(C[C@@H](CC(=O)O)c2ccc(Cl)c(Cl)c2)C(=O)c2c(c(C#N)cc3ccccc23)CO1. The van der Waals surface area contributed by atoms with Gasteiger partial charge in [0.25, 0.3) is 5.91 Å². The van der Waals surface area contributed by atoms with Crippen LogP contribution in [0.3, 0.4) is 0 Å². The molecule has 3 aromatic rings. The molecule has 0 unspecified atom stereocenters. The van der Waals surface area contributed by atoms with Crippen LogP contribution in [-0.2, 0) is 16.1 Å². The molecule has 1 aliphatic heterocycles. The summed E-state index contributed by atoms with van der Waals surface area (Å²) in [4.78, 5) is 27.3. The highest BCUT2D eigenvalue weighted by atomic mass is 35.5. The Kier molecular flexibility index (Phi) is 7.08. The van der Waals surface area contributed by atoms with Crippen LogP contribution in [0.1, 0.15) is 46.3 Å². The largest absolute Gasteiger partial charge is 0.481 e. The maximum atomic E-state index is 14.0. The van der Waals surface area contributed by atoms with Crippen LogP contribution in [0.15, 0.2) is 48.5 Å². The lowest BCUT2D eigenvalue weighted by Crippen LogP contribution is -2.42. The van der Waals surface area contributed by atoms with E-state index in [4.69, 9.17) is 27.9 Å². The molecule has 2 atom stereocenters. The Morgan fingerprint density at radius 3 is 2.71 bits per heavy atom. The van der Waals surface area contributed by atoms with Crippen LogP contribution >= 0.6 is 23.2 Å². The van der Waals surface area contributed by atoms with Crippen LogP contribution in [0.5, 0.6) is 0 Å². The maximum Gasteiger partial charge on any atom is 0.304 e. The van der Waals surface area contributed by atoms with E-state index >= 15 is 0 Å². The number of amides is 1. The highest BCUT2D eigenvalue weighted by Crippen LogP contribution is 2.33. The monoisotopic (exact) mass is 496 g/mol. The number of hydrogen-bond donors (Lipinski definition) is 1. The number of aliphatic carboxylic acids is 1. The fourth-order valence-corrected chi connectivity index (χ4v) is 4.71. The standard InChI is InChI=1S/C26H22Cl2N2O4/c1-15-12-30(13-19(10-24(31)32)16-6-7-22(27)23(28)9-16)26(33)25-20-5-3-2-4-17(20)8-18(11-29)21(25)14-34-15/h2-9,15,19H,10,12-14H2,1H3,(H,31,32)/t15-,19-/m1/s1. The van der Waals surface area contributed by atoms with E-state index in [1.165, 1.54) is 0 Å². The second kappa shape index (κ2) is 10.0. The number of nitrogens with zero attached hydrogens (tertiary/aromatic N) is 2. The maximum absolute atomic E-state index is 14.0. The number of rotatable bonds is 5. The average molecular weight is 497 g/mol. The van der Waals surface area contributed by atoms with Crippen LogP contribution in [0.2, 0.25) is 10.0 Å². The van der Waals surface area contributed by atoms with Crippen LogP contribution in [-0.4, -0.2) is 41.1 Å². The molecular formula is C26H22Cl2N2O4. The summed E-state index contributed by atoms with van der Waals surface area (Å²) in [6.45, 7) is 2.42. The quantitative estimate of drug-likeness (QED) is 0.493. The van der Waals surface area contributed by atoms with E-state index in [0.717, 1.165) is 10.8 Å². The van der Waals surface area contributed by atoms with E-state index in [1.807, 2.05) is 31.2 Å². The number of carboxylic acids is 1. The van der Waals surface area contributed by atoms with E-state index < -0.39 is 11.9 Å². The van der Waals surface area contributed by atoms with Crippen LogP contribution in [0.4, 0.5) is 0 Å². The van der Waals surface area contributed by atoms with Crippen molar-refractivity contribution in [1.29, 1.82) is 5.26 Å². The number of nitriles is 1. The molecule has 1 amide bonds. The number of carboxylic acid groups (broad SMARTS) is 1. The number of carbonyl (C=O) groups excluding carboxylic acids is 1. The minimum absolute atomic E-state index is 0.140. The summed E-state index contributed by atoms with van der Waals surface area (Å²) in [5.74, 6) is -1.76. The number of halogens is 2. The van der Waals surface area contributed by atoms with Gasteiger partial charge in [0, 0.05) is 24.6 Å². The van der Waals surface area contributed by atoms with Gasteiger partial charge >= 0.3 is 5.97 Å². The molecule has 0 fully saturated rings. The van der Waals surface area contributed by atoms with Crippen molar-refractivity contribution >= 4 is 45.9 Å². The first-order valence-electron chi connectivity index (χ1n) is 10.8. The molecule has 34 heavy (non-hydrogen) atoms. The van der Waals surface area contributed by atoms with Gasteiger partial charge in [-0.15, -0.1) is 0 Å². The molecule has 174 valence electrons. The van der Waals surface area contributed by atoms with Crippen LogP contribution < -0.4 is 0 Å². The van der Waals surface area contributed by atoms with Crippen LogP contribution in [0.25, 0.3) is 10.8 Å². The zero-order valence-corrected chi connectivity index (χ0v) is 19.9. The summed E-state index contributed by atoms with van der Waals surface area (Å²) in [6, 6.07) is 16.4. The van der Waals surface area contributed by atoms with Gasteiger partial charge in [-0.25, -0.2) is 0 Å². The molecule has 0 spiro atoms. The topological polar surface area (TPSA) is 90.6 Å². The Labute approximate surface area is 207 Å². The summed E-state index contributed by atoms with van der Waals surface area (Å²) >= 11 is 12.2. The number of benzene rings is 3. The minimum Gasteiger partial charge on any atom is -0.481 e. The Bertz CT molecular complexity index is 1320. The first-order valence-corrected chi connectivity index (χ1v) is 11.6. The first kappa shape index (κ1) is 24.0. The van der Waals surface area contributed by atoms with Crippen molar-refractivity contribution in [2.75, 3.05) is 13.1 Å². The number of fused-ring (bicyclic) bond motifs is 3. The van der Waals surface area contributed by atoms with Gasteiger partial charge in [-0.05, 0) is 41.5 Å². The molecule has 1 aliphatic rings. The molecule has 8 heteroatoms. The van der Waals surface area contributed by atoms with E-state index in [2.05, 4.69) is 6.07 Å². The van der Waals surface area contributed by atoms with Crippen molar-refractivity contribution in [3.63, 3.8) is 0 Å². The summed E-state index contributed by atoms with van der Waals surface area (Å²) in [6.07, 6.45) is -0.502. The van der Waals surface area contributed by atoms with E-state index in [1.54, 1.807) is 29.2 Å². The molecule has 1 N–H and O–H groups in total. The van der Waals surface area contributed by atoms with Crippen molar-refractivity contribution in [1.82, 2.24) is 4.90 Å². The van der Waals surface area contributed by atoms with Crippen molar-refractivity contribution in [2.45, 2.75) is 32.0 Å². The van der Waals surface area contributed by atoms with E-state index in [9.17, 15) is 20.0 Å². The average Bonchev–Trinajstić information content (AvgIpc) is 2.81. The van der Waals surface area contributed by atoms with Gasteiger partial charge in [0.1, 0.15) is 0 Å². The van der Waals surface area contributed by atoms with E-state index in [0.29, 0.717) is 32.3 Å². The first-order chi connectivity index (χ1) is 16.3. The van der Waals surface area contributed by atoms with Gasteiger partial charge in [-0.1, -0.05) is 53.5 Å². The summed E-state index contributed by atoms with van der Waals surface area (Å²) in [5, 5.41) is 21.5. The normalized spacial score (nSPS) is 16.9. The lowest BCUT2D eigenvalue weighted by molar-refractivity contribution is -0.137. The summed E-state index contributed by atoms with van der Waals surface area (Å²) in [7, 11) is 0. The highest BCUT2D eigenvalue weighted by molar-refractivity contribution is 6.42. The fourth-order valence-electron chi connectivity index (χ4n) is 4.40. The molecule has 0 aromatic heterocycles. The molecule has 1 heterocycles. The fraction of sp³-hybridized carbons (Fsp3) is 0.269. The lowest BCUT2D eigenvalue weighted by Gasteiger charge is -2.33. The molecule has 0 bridgehead atoms. The predicted octanol–water partition coefficient (Wildman–Crippen LogP) is 5.64. The Hall–Kier alpha value is -3.11. The third kappa shape index (κ3) is 4.88. The zero-order chi connectivity index (χ0) is 24.4. The Morgan fingerprint density at radius 1 is 1.24 bits per heavy atom. The molecule has 6 nitrogen and oxygen atoms in total. The molecule has 0 radical (unpaired) electrons. The predicted molar refractivity (Wildman–Crippen MR) is 130 cm³/mol. The Morgan fingerprint density at radius 2 is 2.00 bits per heavy atom.